The quantitative estimate of drug-likeness (QED) is 0.891. The van der Waals surface area contributed by atoms with Crippen LogP contribution < -0.4 is 4.74 Å². The van der Waals surface area contributed by atoms with Crippen LogP contribution in [-0.2, 0) is 16.6 Å². The lowest BCUT2D eigenvalue weighted by molar-refractivity contribution is -0.134. The highest BCUT2D eigenvalue weighted by atomic mass is 32.2. The topological polar surface area (TPSA) is 66.8 Å². The minimum absolute atomic E-state index is 0.120. The van der Waals surface area contributed by atoms with Crippen LogP contribution in [0, 0.1) is 0 Å². The van der Waals surface area contributed by atoms with E-state index in [1.165, 1.54) is 19.2 Å². The van der Waals surface area contributed by atoms with Crippen molar-refractivity contribution >= 4 is 10.0 Å². The number of methoxy groups -OCH3 is 1. The van der Waals surface area contributed by atoms with Gasteiger partial charge in [0.05, 0.1) is 13.7 Å². The molecule has 0 unspecified atom stereocenters. The summed E-state index contributed by atoms with van der Waals surface area (Å²) in [6.45, 7) is -1.94. The fraction of sp³-hybridized carbons (Fsp3) is 0.455. The summed E-state index contributed by atoms with van der Waals surface area (Å²) in [5.41, 5.74) is 0.388. The Hall–Kier alpha value is -1.32. The van der Waals surface area contributed by atoms with Gasteiger partial charge in [-0.2, -0.15) is 17.5 Å². The molecule has 0 saturated heterocycles. The second kappa shape index (κ2) is 5.98. The molecule has 0 atom stereocenters. The van der Waals surface area contributed by atoms with Gasteiger partial charge in [-0.05, 0) is 17.7 Å². The third-order valence-corrected chi connectivity index (χ3v) is 4.34. The number of benzene rings is 1. The van der Waals surface area contributed by atoms with E-state index in [0.717, 1.165) is 13.1 Å². The highest BCUT2D eigenvalue weighted by molar-refractivity contribution is 7.89. The number of hydrogen-bond donors (Lipinski definition) is 1. The first-order valence-electron chi connectivity index (χ1n) is 5.42. The van der Waals surface area contributed by atoms with E-state index < -0.39 is 22.7 Å². The first-order chi connectivity index (χ1) is 9.11. The normalized spacial score (nSPS) is 12.8. The molecule has 0 saturated carbocycles. The molecule has 1 aromatic carbocycles. The van der Waals surface area contributed by atoms with E-state index in [4.69, 9.17) is 9.84 Å². The molecular weight excluding hydrogens is 299 g/mol. The zero-order valence-corrected chi connectivity index (χ0v) is 11.6. The SMILES string of the molecule is COc1cc(CO)ccc1S(=O)(=O)N(C)CC(F)(F)F. The number of ether oxygens (including phenoxy) is 1. The average Bonchev–Trinajstić information content (AvgIpc) is 2.35. The van der Waals surface area contributed by atoms with Crippen LogP contribution in [0.1, 0.15) is 5.56 Å². The van der Waals surface area contributed by atoms with Gasteiger partial charge >= 0.3 is 6.18 Å². The van der Waals surface area contributed by atoms with Crippen molar-refractivity contribution in [1.82, 2.24) is 4.31 Å². The Morgan fingerprint density at radius 3 is 2.40 bits per heavy atom. The molecule has 0 heterocycles. The molecule has 9 heteroatoms. The lowest BCUT2D eigenvalue weighted by Crippen LogP contribution is -2.36. The number of alkyl halides is 3. The number of nitrogens with zero attached hydrogens (tertiary/aromatic N) is 1. The minimum Gasteiger partial charge on any atom is -0.495 e. The molecule has 0 fully saturated rings. The Bertz CT molecular complexity index is 572. The van der Waals surface area contributed by atoms with Gasteiger partial charge in [0.25, 0.3) is 0 Å². The summed E-state index contributed by atoms with van der Waals surface area (Å²) in [4.78, 5) is -0.385. The maximum atomic E-state index is 12.3. The van der Waals surface area contributed by atoms with Gasteiger partial charge in [-0.15, -0.1) is 0 Å². The maximum Gasteiger partial charge on any atom is 0.402 e. The molecule has 20 heavy (non-hydrogen) atoms. The summed E-state index contributed by atoms with van der Waals surface area (Å²) in [6, 6.07) is 3.66. The van der Waals surface area contributed by atoms with E-state index >= 15 is 0 Å². The van der Waals surface area contributed by atoms with Crippen molar-refractivity contribution in [2.45, 2.75) is 17.7 Å². The summed E-state index contributed by atoms with van der Waals surface area (Å²) >= 11 is 0. The first-order valence-corrected chi connectivity index (χ1v) is 6.86. The molecule has 0 aliphatic carbocycles. The molecule has 0 amide bonds. The van der Waals surface area contributed by atoms with Gasteiger partial charge < -0.3 is 9.84 Å². The monoisotopic (exact) mass is 313 g/mol. The lowest BCUT2D eigenvalue weighted by Gasteiger charge is -2.20. The number of halogens is 3. The largest absolute Gasteiger partial charge is 0.495 e. The molecule has 5 nitrogen and oxygen atoms in total. The smallest absolute Gasteiger partial charge is 0.402 e. The zero-order chi connectivity index (χ0) is 15.6. The fourth-order valence-corrected chi connectivity index (χ4v) is 2.82. The summed E-state index contributed by atoms with van der Waals surface area (Å²) in [6.07, 6.45) is -4.64. The third-order valence-electron chi connectivity index (χ3n) is 2.50. The van der Waals surface area contributed by atoms with E-state index in [9.17, 15) is 21.6 Å². The lowest BCUT2D eigenvalue weighted by atomic mass is 10.2. The summed E-state index contributed by atoms with van der Waals surface area (Å²) in [7, 11) is -2.30. The van der Waals surface area contributed by atoms with Crippen molar-refractivity contribution in [3.05, 3.63) is 23.8 Å². The molecular formula is C11H14F3NO4S. The van der Waals surface area contributed by atoms with Gasteiger partial charge in [0.15, 0.2) is 0 Å². The second-order valence-corrected chi connectivity index (χ2v) is 6.03. The number of aliphatic hydroxyl groups excluding tert-OH is 1. The summed E-state index contributed by atoms with van der Waals surface area (Å²) < 4.78 is 66.0. The zero-order valence-electron chi connectivity index (χ0n) is 10.8. The van der Waals surface area contributed by atoms with Crippen LogP contribution in [0.3, 0.4) is 0 Å². The standard InChI is InChI=1S/C11H14F3NO4S/c1-15(7-11(12,13)14)20(17,18)10-4-3-8(6-16)5-9(10)19-2/h3-5,16H,6-7H2,1-2H3. The van der Waals surface area contributed by atoms with Crippen LogP contribution in [0.5, 0.6) is 5.75 Å². The van der Waals surface area contributed by atoms with Gasteiger partial charge in [0.1, 0.15) is 17.2 Å². The van der Waals surface area contributed by atoms with Crippen molar-refractivity contribution < 1.29 is 31.4 Å². The Morgan fingerprint density at radius 1 is 1.35 bits per heavy atom. The van der Waals surface area contributed by atoms with E-state index in [2.05, 4.69) is 0 Å². The number of hydrogen-bond acceptors (Lipinski definition) is 4. The number of rotatable bonds is 5. The van der Waals surface area contributed by atoms with Gasteiger partial charge in [0, 0.05) is 7.05 Å². The van der Waals surface area contributed by atoms with Gasteiger partial charge in [-0.25, -0.2) is 8.42 Å². The predicted molar refractivity (Wildman–Crippen MR) is 64.8 cm³/mol. The number of sulfonamides is 1. The fourth-order valence-electron chi connectivity index (χ4n) is 1.53. The molecule has 0 bridgehead atoms. The molecule has 114 valence electrons. The van der Waals surface area contributed by atoms with Crippen LogP contribution in [0.15, 0.2) is 23.1 Å². The van der Waals surface area contributed by atoms with Gasteiger partial charge in [-0.3, -0.25) is 0 Å². The molecule has 0 spiro atoms. The van der Waals surface area contributed by atoms with Crippen molar-refractivity contribution in [2.24, 2.45) is 0 Å². The molecule has 0 radical (unpaired) electrons. The minimum atomic E-state index is -4.64. The first kappa shape index (κ1) is 16.7. The van der Waals surface area contributed by atoms with Crippen molar-refractivity contribution in [3.63, 3.8) is 0 Å². The van der Waals surface area contributed by atoms with E-state index in [-0.39, 0.29) is 21.6 Å². The maximum absolute atomic E-state index is 12.3. The Labute approximate surface area is 114 Å². The summed E-state index contributed by atoms with van der Waals surface area (Å²) in [5.74, 6) is -0.120. The molecule has 0 aliphatic rings. The van der Waals surface area contributed by atoms with E-state index in [1.807, 2.05) is 0 Å². The highest BCUT2D eigenvalue weighted by Crippen LogP contribution is 2.29. The van der Waals surface area contributed by atoms with Crippen LogP contribution in [0.2, 0.25) is 0 Å². The van der Waals surface area contributed by atoms with Gasteiger partial charge in [0.2, 0.25) is 10.0 Å². The van der Waals surface area contributed by atoms with Crippen LogP contribution >= 0.6 is 0 Å². The molecule has 1 aromatic rings. The average molecular weight is 313 g/mol. The van der Waals surface area contributed by atoms with Crippen molar-refractivity contribution in [1.29, 1.82) is 0 Å². The molecule has 1 N–H and O–H groups in total. The molecule has 0 aliphatic heterocycles. The molecule has 1 rings (SSSR count). The Kier molecular flexibility index (Phi) is 5.00. The second-order valence-electron chi connectivity index (χ2n) is 4.02. The van der Waals surface area contributed by atoms with Crippen LogP contribution in [0.25, 0.3) is 0 Å². The summed E-state index contributed by atoms with van der Waals surface area (Å²) in [5, 5.41) is 8.95. The highest BCUT2D eigenvalue weighted by Gasteiger charge is 2.35. The van der Waals surface area contributed by atoms with E-state index in [0.29, 0.717) is 5.56 Å². The van der Waals surface area contributed by atoms with E-state index in [1.54, 1.807) is 0 Å². The van der Waals surface area contributed by atoms with Crippen molar-refractivity contribution in [3.8, 4) is 5.75 Å². The van der Waals surface area contributed by atoms with Gasteiger partial charge in [-0.1, -0.05) is 6.07 Å². The van der Waals surface area contributed by atoms with Crippen molar-refractivity contribution in [2.75, 3.05) is 20.7 Å². The Morgan fingerprint density at radius 2 is 1.95 bits per heavy atom. The Balaban J connectivity index is 3.21. The third kappa shape index (κ3) is 3.84. The van der Waals surface area contributed by atoms with Crippen LogP contribution in [0.4, 0.5) is 13.2 Å². The molecule has 0 aromatic heterocycles. The van der Waals surface area contributed by atoms with Crippen LogP contribution in [-0.4, -0.2) is 44.7 Å². The number of aliphatic hydroxyl groups is 1. The predicted octanol–water partition coefficient (Wildman–Crippen LogP) is 1.37.